The minimum Gasteiger partial charge on any atom is -0.507 e. The number of hydrogen-bond donors (Lipinski definition) is 2. The number of hydrogen-bond acceptors (Lipinski definition) is 5. The first-order valence-electron chi connectivity index (χ1n) is 8.24. The molecule has 1 aromatic heterocycles. The van der Waals surface area contributed by atoms with Crippen LogP contribution in [0.2, 0.25) is 0 Å². The van der Waals surface area contributed by atoms with Crippen molar-refractivity contribution in [2.45, 2.75) is 19.7 Å². The molecule has 0 spiro atoms. The van der Waals surface area contributed by atoms with E-state index in [4.69, 9.17) is 9.47 Å². The Labute approximate surface area is 150 Å². The van der Waals surface area contributed by atoms with E-state index < -0.39 is 0 Å². The Morgan fingerprint density at radius 2 is 2.04 bits per heavy atom. The van der Waals surface area contributed by atoms with Crippen molar-refractivity contribution in [2.24, 2.45) is 0 Å². The first-order valence-corrected chi connectivity index (χ1v) is 8.24. The van der Waals surface area contributed by atoms with Gasteiger partial charge in [0.25, 0.3) is 5.91 Å². The SMILES string of the molecule is COCc1n[nH]c2cc(O)c(C(=O)N3Cc4ccc(OC)cc4C3)cc12. The van der Waals surface area contributed by atoms with Crippen molar-refractivity contribution in [3.63, 3.8) is 0 Å². The lowest BCUT2D eigenvalue weighted by atomic mass is 10.1. The van der Waals surface area contributed by atoms with Crippen molar-refractivity contribution in [1.82, 2.24) is 15.1 Å². The summed E-state index contributed by atoms with van der Waals surface area (Å²) in [7, 11) is 3.21. The number of phenolic OH excluding ortho intramolecular Hbond substituents is 1. The Morgan fingerprint density at radius 1 is 1.23 bits per heavy atom. The molecule has 3 aromatic rings. The summed E-state index contributed by atoms with van der Waals surface area (Å²) in [4.78, 5) is 14.7. The number of amides is 1. The molecule has 0 bridgehead atoms. The largest absolute Gasteiger partial charge is 0.507 e. The van der Waals surface area contributed by atoms with E-state index in [9.17, 15) is 9.90 Å². The van der Waals surface area contributed by atoms with E-state index in [2.05, 4.69) is 10.2 Å². The van der Waals surface area contributed by atoms with E-state index in [1.54, 1.807) is 25.2 Å². The third-order valence-electron chi connectivity index (χ3n) is 4.69. The average Bonchev–Trinajstić information content (AvgIpc) is 3.24. The van der Waals surface area contributed by atoms with E-state index in [1.165, 1.54) is 6.07 Å². The molecule has 7 nitrogen and oxygen atoms in total. The van der Waals surface area contributed by atoms with Crippen molar-refractivity contribution in [2.75, 3.05) is 14.2 Å². The van der Waals surface area contributed by atoms with Gasteiger partial charge in [0.15, 0.2) is 0 Å². The molecular formula is C19H19N3O4. The maximum absolute atomic E-state index is 13.0. The molecule has 2 N–H and O–H groups in total. The molecule has 0 fully saturated rings. The average molecular weight is 353 g/mol. The molecule has 0 radical (unpaired) electrons. The van der Waals surface area contributed by atoms with Gasteiger partial charge in [0.2, 0.25) is 0 Å². The lowest BCUT2D eigenvalue weighted by Gasteiger charge is -2.16. The molecule has 4 rings (SSSR count). The van der Waals surface area contributed by atoms with Gasteiger partial charge in [0.05, 0.1) is 30.5 Å². The molecule has 2 heterocycles. The van der Waals surface area contributed by atoms with Crippen LogP contribution in [-0.4, -0.2) is 40.3 Å². The number of phenols is 1. The number of nitrogens with one attached hydrogen (secondary N) is 1. The van der Waals surface area contributed by atoms with E-state index in [-0.39, 0.29) is 17.2 Å². The number of methoxy groups -OCH3 is 2. The number of aromatic nitrogens is 2. The molecule has 1 aliphatic heterocycles. The van der Waals surface area contributed by atoms with Gasteiger partial charge >= 0.3 is 0 Å². The third-order valence-corrected chi connectivity index (χ3v) is 4.69. The number of aromatic amines is 1. The van der Waals surface area contributed by atoms with E-state index >= 15 is 0 Å². The van der Waals surface area contributed by atoms with Crippen LogP contribution in [0.1, 0.15) is 27.2 Å². The first-order chi connectivity index (χ1) is 12.6. The summed E-state index contributed by atoms with van der Waals surface area (Å²) < 4.78 is 10.4. The summed E-state index contributed by atoms with van der Waals surface area (Å²) in [5.41, 5.74) is 3.77. The lowest BCUT2D eigenvalue weighted by molar-refractivity contribution is 0.0748. The molecule has 0 atom stereocenters. The van der Waals surface area contributed by atoms with Crippen LogP contribution in [0, 0.1) is 0 Å². The summed E-state index contributed by atoms with van der Waals surface area (Å²) in [5.74, 6) is 0.484. The number of rotatable bonds is 4. The summed E-state index contributed by atoms with van der Waals surface area (Å²) in [6, 6.07) is 9.00. The molecule has 7 heteroatoms. The Hall–Kier alpha value is -3.06. The second-order valence-electron chi connectivity index (χ2n) is 6.31. The van der Waals surface area contributed by atoms with Gasteiger partial charge in [0, 0.05) is 31.7 Å². The zero-order chi connectivity index (χ0) is 18.3. The molecule has 0 unspecified atom stereocenters. The molecule has 134 valence electrons. The minimum absolute atomic E-state index is 0.0661. The summed E-state index contributed by atoms with van der Waals surface area (Å²) in [6.45, 7) is 1.32. The molecule has 26 heavy (non-hydrogen) atoms. The number of ether oxygens (including phenoxy) is 2. The van der Waals surface area contributed by atoms with Crippen LogP contribution in [0.25, 0.3) is 10.9 Å². The predicted molar refractivity (Wildman–Crippen MR) is 95.0 cm³/mol. The molecule has 2 aromatic carbocycles. The molecule has 0 saturated carbocycles. The normalized spacial score (nSPS) is 13.2. The number of nitrogens with zero attached hydrogens (tertiary/aromatic N) is 2. The van der Waals surface area contributed by atoms with Crippen LogP contribution < -0.4 is 4.74 Å². The van der Waals surface area contributed by atoms with Crippen molar-refractivity contribution in [3.8, 4) is 11.5 Å². The number of carbonyl (C=O) groups is 1. The predicted octanol–water partition coefficient (Wildman–Crippen LogP) is 2.58. The van der Waals surface area contributed by atoms with Crippen molar-refractivity contribution >= 4 is 16.8 Å². The van der Waals surface area contributed by atoms with Gasteiger partial charge in [-0.2, -0.15) is 5.10 Å². The Bertz CT molecular complexity index is 996. The molecule has 1 aliphatic rings. The number of carbonyl (C=O) groups excluding carboxylic acids is 1. The highest BCUT2D eigenvalue weighted by Gasteiger charge is 2.27. The smallest absolute Gasteiger partial charge is 0.258 e. The van der Waals surface area contributed by atoms with E-state index in [1.807, 2.05) is 18.2 Å². The lowest BCUT2D eigenvalue weighted by Crippen LogP contribution is -2.25. The maximum atomic E-state index is 13.0. The summed E-state index contributed by atoms with van der Waals surface area (Å²) >= 11 is 0. The Balaban J connectivity index is 1.66. The highest BCUT2D eigenvalue weighted by Crippen LogP contribution is 2.31. The highest BCUT2D eigenvalue weighted by molar-refractivity contribution is 6.01. The second kappa shape index (κ2) is 6.34. The topological polar surface area (TPSA) is 87.7 Å². The zero-order valence-corrected chi connectivity index (χ0v) is 14.6. The fourth-order valence-corrected chi connectivity index (χ4v) is 3.34. The van der Waals surface area contributed by atoms with E-state index in [0.29, 0.717) is 30.9 Å². The number of benzene rings is 2. The number of fused-ring (bicyclic) bond motifs is 2. The Morgan fingerprint density at radius 3 is 2.81 bits per heavy atom. The van der Waals surface area contributed by atoms with Crippen molar-refractivity contribution in [1.29, 1.82) is 0 Å². The standard InChI is InChI=1S/C19H19N3O4/c1-25-10-17-14-6-15(18(23)7-16(14)20-21-17)19(24)22-8-11-3-4-13(26-2)5-12(11)9-22/h3-7,23H,8-10H2,1-2H3,(H,20,21). The van der Waals surface area contributed by atoms with Gasteiger partial charge in [-0.25, -0.2) is 0 Å². The second-order valence-corrected chi connectivity index (χ2v) is 6.31. The maximum Gasteiger partial charge on any atom is 0.258 e. The van der Waals surface area contributed by atoms with Crippen molar-refractivity contribution < 1.29 is 19.4 Å². The van der Waals surface area contributed by atoms with Gasteiger partial charge in [-0.3, -0.25) is 9.89 Å². The molecule has 1 amide bonds. The molecule has 0 aliphatic carbocycles. The molecule has 0 saturated heterocycles. The monoisotopic (exact) mass is 353 g/mol. The van der Waals surface area contributed by atoms with Gasteiger partial charge in [-0.1, -0.05) is 6.07 Å². The highest BCUT2D eigenvalue weighted by atomic mass is 16.5. The van der Waals surface area contributed by atoms with Crippen LogP contribution in [0.3, 0.4) is 0 Å². The fourth-order valence-electron chi connectivity index (χ4n) is 3.34. The van der Waals surface area contributed by atoms with Crippen LogP contribution in [0.15, 0.2) is 30.3 Å². The van der Waals surface area contributed by atoms with Gasteiger partial charge in [0.1, 0.15) is 11.5 Å². The van der Waals surface area contributed by atoms with Crippen LogP contribution in [-0.2, 0) is 24.4 Å². The Kier molecular flexibility index (Phi) is 4.00. The number of H-pyrrole nitrogens is 1. The van der Waals surface area contributed by atoms with Gasteiger partial charge in [-0.05, 0) is 29.3 Å². The van der Waals surface area contributed by atoms with Crippen molar-refractivity contribution in [3.05, 3.63) is 52.7 Å². The number of aromatic hydroxyl groups is 1. The third kappa shape index (κ3) is 2.66. The quantitative estimate of drug-likeness (QED) is 0.753. The summed E-state index contributed by atoms with van der Waals surface area (Å²) in [5, 5.41) is 18.1. The first kappa shape index (κ1) is 16.4. The van der Waals surface area contributed by atoms with Crippen LogP contribution in [0.4, 0.5) is 0 Å². The van der Waals surface area contributed by atoms with Gasteiger partial charge in [-0.15, -0.1) is 0 Å². The van der Waals surface area contributed by atoms with Crippen LogP contribution in [0.5, 0.6) is 11.5 Å². The van der Waals surface area contributed by atoms with Gasteiger partial charge < -0.3 is 19.5 Å². The van der Waals surface area contributed by atoms with E-state index in [0.717, 1.165) is 22.3 Å². The zero-order valence-electron chi connectivity index (χ0n) is 14.6. The minimum atomic E-state index is -0.218. The fraction of sp³-hybridized carbons (Fsp3) is 0.263. The summed E-state index contributed by atoms with van der Waals surface area (Å²) in [6.07, 6.45) is 0. The van der Waals surface area contributed by atoms with Crippen LogP contribution >= 0.6 is 0 Å². The molecular weight excluding hydrogens is 334 g/mol.